The summed E-state index contributed by atoms with van der Waals surface area (Å²) < 4.78 is 13.8. The maximum absolute atomic E-state index is 13.8. The minimum atomic E-state index is -1.32. The maximum Gasteiger partial charge on any atom is 0.323 e. The number of benzene rings is 1. The molecule has 7 heteroatoms. The molecular weight excluding hydrogens is 255 g/mol. The molecule has 0 aromatic heterocycles. The molecule has 1 rings (SSSR count). The lowest BCUT2D eigenvalue weighted by molar-refractivity contribution is -0.138. The van der Waals surface area contributed by atoms with Gasteiger partial charge < -0.3 is 15.7 Å². The zero-order valence-electron chi connectivity index (χ0n) is 10.2. The monoisotopic (exact) mass is 268 g/mol. The van der Waals surface area contributed by atoms with Gasteiger partial charge in [0.05, 0.1) is 5.56 Å². The highest BCUT2D eigenvalue weighted by molar-refractivity contribution is 5.98. The molecule has 0 radical (unpaired) electrons. The van der Waals surface area contributed by atoms with E-state index in [4.69, 9.17) is 10.8 Å². The number of nitrogens with two attached hydrogens (primary N) is 1. The Morgan fingerprint density at radius 1 is 1.32 bits per heavy atom. The number of carboxylic acids is 1. The van der Waals surface area contributed by atoms with Crippen LogP contribution in [0.25, 0.3) is 0 Å². The molecule has 0 aliphatic heterocycles. The van der Waals surface area contributed by atoms with Crippen LogP contribution in [0, 0.1) is 12.7 Å². The molecule has 0 saturated heterocycles. The molecule has 102 valence electrons. The molecule has 6 nitrogen and oxygen atoms in total. The van der Waals surface area contributed by atoms with Gasteiger partial charge >= 0.3 is 5.97 Å². The highest BCUT2D eigenvalue weighted by Gasteiger charge is 2.23. The van der Waals surface area contributed by atoms with Crippen molar-refractivity contribution >= 4 is 17.8 Å². The molecule has 0 unspecified atom stereocenters. The van der Waals surface area contributed by atoms with Gasteiger partial charge in [0.1, 0.15) is 18.9 Å². The number of halogens is 1. The summed E-state index contributed by atoms with van der Waals surface area (Å²) in [5.74, 6) is -3.82. The van der Waals surface area contributed by atoms with Gasteiger partial charge in [0.25, 0.3) is 5.91 Å². The number of rotatable bonds is 5. The molecule has 0 spiro atoms. The lowest BCUT2D eigenvalue weighted by atomic mass is 10.1. The van der Waals surface area contributed by atoms with Crippen LogP contribution in [0.3, 0.4) is 0 Å². The first kappa shape index (κ1) is 14.6. The van der Waals surface area contributed by atoms with Crippen molar-refractivity contribution in [2.45, 2.75) is 6.92 Å². The molecule has 0 fully saturated rings. The Morgan fingerprint density at radius 2 is 1.95 bits per heavy atom. The molecule has 0 bridgehead atoms. The zero-order valence-corrected chi connectivity index (χ0v) is 10.2. The smallest absolute Gasteiger partial charge is 0.323 e. The zero-order chi connectivity index (χ0) is 14.6. The van der Waals surface area contributed by atoms with E-state index in [2.05, 4.69) is 0 Å². The van der Waals surface area contributed by atoms with Crippen molar-refractivity contribution in [2.75, 3.05) is 13.1 Å². The highest BCUT2D eigenvalue weighted by Crippen LogP contribution is 2.14. The van der Waals surface area contributed by atoms with E-state index in [0.717, 1.165) is 0 Å². The standard InChI is InChI=1S/C12H13FN2O4/c1-7-3-2-4-8(11(7)13)12(19)15(5-9(14)16)6-10(17)18/h2-4H,5-6H2,1H3,(H2,14,16)(H,17,18). The van der Waals surface area contributed by atoms with Crippen LogP contribution >= 0.6 is 0 Å². The third kappa shape index (κ3) is 3.77. The third-order valence-corrected chi connectivity index (χ3v) is 2.38. The summed E-state index contributed by atoms with van der Waals surface area (Å²) in [5.41, 5.74) is 4.89. The van der Waals surface area contributed by atoms with Gasteiger partial charge in [0.15, 0.2) is 0 Å². The summed E-state index contributed by atoms with van der Waals surface area (Å²) in [7, 11) is 0. The van der Waals surface area contributed by atoms with Crippen LogP contribution in [0.5, 0.6) is 0 Å². The highest BCUT2D eigenvalue weighted by atomic mass is 19.1. The molecule has 0 atom stereocenters. The summed E-state index contributed by atoms with van der Waals surface area (Å²) >= 11 is 0. The van der Waals surface area contributed by atoms with Gasteiger partial charge in [-0.25, -0.2) is 4.39 Å². The van der Waals surface area contributed by atoms with Crippen molar-refractivity contribution in [1.82, 2.24) is 4.90 Å². The lowest BCUT2D eigenvalue weighted by Gasteiger charge is -2.19. The van der Waals surface area contributed by atoms with Gasteiger partial charge in [-0.05, 0) is 18.6 Å². The summed E-state index contributed by atoms with van der Waals surface area (Å²) in [6.07, 6.45) is 0. The van der Waals surface area contributed by atoms with Crippen molar-refractivity contribution in [1.29, 1.82) is 0 Å². The molecule has 1 aromatic carbocycles. The van der Waals surface area contributed by atoms with Crippen molar-refractivity contribution < 1.29 is 23.9 Å². The van der Waals surface area contributed by atoms with Crippen LogP contribution < -0.4 is 5.73 Å². The van der Waals surface area contributed by atoms with Gasteiger partial charge in [-0.15, -0.1) is 0 Å². The molecule has 19 heavy (non-hydrogen) atoms. The van der Waals surface area contributed by atoms with Gasteiger partial charge in [-0.2, -0.15) is 0 Å². The summed E-state index contributed by atoms with van der Waals surface area (Å²) in [6, 6.07) is 4.16. The number of aliphatic carboxylic acids is 1. The number of carbonyl (C=O) groups excluding carboxylic acids is 2. The third-order valence-electron chi connectivity index (χ3n) is 2.38. The van der Waals surface area contributed by atoms with E-state index in [1.807, 2.05) is 0 Å². The first-order valence-electron chi connectivity index (χ1n) is 5.37. The summed E-state index contributed by atoms with van der Waals surface area (Å²) in [6.45, 7) is 0.162. The molecule has 3 N–H and O–H groups in total. The Morgan fingerprint density at radius 3 is 2.47 bits per heavy atom. The van der Waals surface area contributed by atoms with Gasteiger partial charge in [0, 0.05) is 0 Å². The SMILES string of the molecule is Cc1cccc(C(=O)N(CC(N)=O)CC(=O)O)c1F. The van der Waals surface area contributed by atoms with Crippen LogP contribution in [0.2, 0.25) is 0 Å². The Balaban J connectivity index is 3.07. The Kier molecular flexibility index (Phi) is 4.57. The summed E-state index contributed by atoms with van der Waals surface area (Å²) in [5, 5.41) is 8.68. The van der Waals surface area contributed by atoms with E-state index in [9.17, 15) is 18.8 Å². The fraction of sp³-hybridized carbons (Fsp3) is 0.250. The number of carbonyl (C=O) groups is 3. The molecule has 1 aromatic rings. The maximum atomic E-state index is 13.8. The molecule has 0 aliphatic carbocycles. The van der Waals surface area contributed by atoms with E-state index < -0.39 is 36.7 Å². The first-order valence-corrected chi connectivity index (χ1v) is 5.37. The normalized spacial score (nSPS) is 10.0. The quantitative estimate of drug-likeness (QED) is 0.793. The number of nitrogens with zero attached hydrogens (tertiary/aromatic N) is 1. The lowest BCUT2D eigenvalue weighted by Crippen LogP contribution is -2.41. The van der Waals surface area contributed by atoms with Gasteiger partial charge in [-0.1, -0.05) is 12.1 Å². The molecule has 0 aliphatic rings. The van der Waals surface area contributed by atoms with Crippen LogP contribution in [0.15, 0.2) is 18.2 Å². The number of carboxylic acid groups (broad SMARTS) is 1. The van der Waals surface area contributed by atoms with E-state index in [0.29, 0.717) is 4.90 Å². The fourth-order valence-electron chi connectivity index (χ4n) is 1.53. The van der Waals surface area contributed by atoms with Gasteiger partial charge in [0.2, 0.25) is 5.91 Å². The Hall–Kier alpha value is -2.44. The second-order valence-corrected chi connectivity index (χ2v) is 3.96. The second kappa shape index (κ2) is 5.94. The van der Waals surface area contributed by atoms with Crippen LogP contribution in [-0.4, -0.2) is 40.9 Å². The number of hydrogen-bond acceptors (Lipinski definition) is 3. The number of amides is 2. The van der Waals surface area contributed by atoms with Crippen molar-refractivity contribution in [3.63, 3.8) is 0 Å². The van der Waals surface area contributed by atoms with E-state index in [1.165, 1.54) is 25.1 Å². The molecule has 2 amide bonds. The van der Waals surface area contributed by atoms with E-state index >= 15 is 0 Å². The van der Waals surface area contributed by atoms with Crippen LogP contribution in [0.4, 0.5) is 4.39 Å². The van der Waals surface area contributed by atoms with E-state index in [1.54, 1.807) is 0 Å². The average Bonchev–Trinajstić information content (AvgIpc) is 2.30. The predicted octanol–water partition coefficient (Wildman–Crippen LogP) is 0.146. The van der Waals surface area contributed by atoms with E-state index in [-0.39, 0.29) is 11.1 Å². The molecular formula is C12H13FN2O4. The first-order chi connectivity index (χ1) is 8.82. The van der Waals surface area contributed by atoms with Gasteiger partial charge in [-0.3, -0.25) is 14.4 Å². The largest absolute Gasteiger partial charge is 0.480 e. The minimum absolute atomic E-state index is 0.250. The van der Waals surface area contributed by atoms with Crippen molar-refractivity contribution in [3.8, 4) is 0 Å². The number of hydrogen-bond donors (Lipinski definition) is 2. The predicted molar refractivity (Wildman–Crippen MR) is 63.9 cm³/mol. The van der Waals surface area contributed by atoms with Crippen molar-refractivity contribution in [2.24, 2.45) is 5.73 Å². The molecule has 0 heterocycles. The second-order valence-electron chi connectivity index (χ2n) is 3.96. The Bertz CT molecular complexity index is 514. The minimum Gasteiger partial charge on any atom is -0.480 e. The average molecular weight is 268 g/mol. The van der Waals surface area contributed by atoms with Crippen LogP contribution in [-0.2, 0) is 9.59 Å². The topological polar surface area (TPSA) is 101 Å². The van der Waals surface area contributed by atoms with Crippen molar-refractivity contribution in [3.05, 3.63) is 35.1 Å². The number of primary amides is 1. The summed E-state index contributed by atoms with van der Waals surface area (Å²) in [4.78, 5) is 34.1. The number of aryl methyl sites for hydroxylation is 1. The van der Waals surface area contributed by atoms with Crippen LogP contribution in [0.1, 0.15) is 15.9 Å². The Labute approximate surface area is 108 Å². The fourth-order valence-corrected chi connectivity index (χ4v) is 1.53. The molecule has 0 saturated carbocycles.